The van der Waals surface area contributed by atoms with E-state index in [0.717, 1.165) is 10.3 Å². The average molecular weight is 325 g/mol. The lowest BCUT2D eigenvalue weighted by molar-refractivity contribution is -0.153. The molecule has 0 spiro atoms. The number of hydrogen-bond donors (Lipinski definition) is 1. The van der Waals surface area contributed by atoms with Crippen molar-refractivity contribution < 1.29 is 14.6 Å². The molecule has 19 heavy (non-hydrogen) atoms. The van der Waals surface area contributed by atoms with E-state index in [-0.39, 0.29) is 6.61 Å². The minimum absolute atomic E-state index is 0.244. The van der Waals surface area contributed by atoms with E-state index in [1.807, 2.05) is 6.07 Å². The van der Waals surface area contributed by atoms with Crippen LogP contribution in [0.4, 0.5) is 0 Å². The summed E-state index contributed by atoms with van der Waals surface area (Å²) in [5.41, 5.74) is 1.32. The highest BCUT2D eigenvalue weighted by molar-refractivity contribution is 9.10. The molecule has 100 valence electrons. The minimum Gasteiger partial charge on any atom is -0.464 e. The first-order valence-electron chi connectivity index (χ1n) is 5.78. The molecule has 2 rings (SSSR count). The maximum absolute atomic E-state index is 11.4. The maximum Gasteiger partial charge on any atom is 0.339 e. The number of carbonyl (C=O) groups is 1. The lowest BCUT2D eigenvalue weighted by atomic mass is 10.1. The summed E-state index contributed by atoms with van der Waals surface area (Å²) >= 11 is 3.37. The molecule has 0 aliphatic rings. The normalized spacial score (nSPS) is 12.2. The number of halogens is 1. The number of ether oxygens (including phenoxy) is 1. The third-order valence-corrected chi connectivity index (χ3v) is 3.16. The fourth-order valence-corrected chi connectivity index (χ4v) is 2.05. The lowest BCUT2D eigenvalue weighted by Crippen LogP contribution is -2.15. The van der Waals surface area contributed by atoms with Crippen LogP contribution in [0.15, 0.2) is 41.1 Å². The highest BCUT2D eigenvalue weighted by Crippen LogP contribution is 2.19. The van der Waals surface area contributed by atoms with Gasteiger partial charge in [-0.1, -0.05) is 12.1 Å². The van der Waals surface area contributed by atoms with Crippen LogP contribution >= 0.6 is 15.9 Å². The van der Waals surface area contributed by atoms with E-state index in [0.29, 0.717) is 5.56 Å². The van der Waals surface area contributed by atoms with E-state index in [1.54, 1.807) is 42.1 Å². The topological polar surface area (TPSA) is 64.3 Å². The molecule has 0 amide bonds. The highest BCUT2D eigenvalue weighted by Gasteiger charge is 2.18. The minimum atomic E-state index is -1.25. The molecule has 0 fully saturated rings. The van der Waals surface area contributed by atoms with Gasteiger partial charge in [-0.2, -0.15) is 5.10 Å². The Morgan fingerprint density at radius 1 is 1.42 bits per heavy atom. The zero-order valence-corrected chi connectivity index (χ0v) is 11.9. The molecule has 0 aliphatic heterocycles. The van der Waals surface area contributed by atoms with Crippen LogP contribution in [-0.4, -0.2) is 27.5 Å². The van der Waals surface area contributed by atoms with Gasteiger partial charge >= 0.3 is 5.97 Å². The van der Waals surface area contributed by atoms with Crippen molar-refractivity contribution in [3.05, 3.63) is 46.7 Å². The lowest BCUT2D eigenvalue weighted by Gasteiger charge is -2.10. The fraction of sp³-hybridized carbons (Fsp3) is 0.231. The predicted molar refractivity (Wildman–Crippen MR) is 72.9 cm³/mol. The number of aliphatic hydroxyl groups excluding tert-OH is 1. The molecule has 1 aromatic heterocycles. The molecule has 1 unspecified atom stereocenters. The number of aliphatic hydroxyl groups is 1. The number of nitrogens with zero attached hydrogens (tertiary/aromatic N) is 2. The maximum atomic E-state index is 11.4. The molecule has 0 aliphatic carbocycles. The van der Waals surface area contributed by atoms with Gasteiger partial charge in [0.2, 0.25) is 0 Å². The second-order valence-corrected chi connectivity index (χ2v) is 4.62. The van der Waals surface area contributed by atoms with Crippen molar-refractivity contribution in [2.45, 2.75) is 13.0 Å². The van der Waals surface area contributed by atoms with Crippen molar-refractivity contribution in [3.63, 3.8) is 0 Å². The Morgan fingerprint density at radius 2 is 2.11 bits per heavy atom. The van der Waals surface area contributed by atoms with E-state index in [2.05, 4.69) is 21.0 Å². The zero-order chi connectivity index (χ0) is 13.8. The summed E-state index contributed by atoms with van der Waals surface area (Å²) in [7, 11) is 0. The molecule has 0 saturated heterocycles. The summed E-state index contributed by atoms with van der Waals surface area (Å²) < 4.78 is 7.29. The van der Waals surface area contributed by atoms with Crippen LogP contribution in [-0.2, 0) is 9.53 Å². The first-order chi connectivity index (χ1) is 9.13. The van der Waals surface area contributed by atoms with Crippen LogP contribution in [0.25, 0.3) is 5.69 Å². The average Bonchev–Trinajstić information content (AvgIpc) is 2.84. The summed E-state index contributed by atoms with van der Waals surface area (Å²) in [5, 5.41) is 13.9. The summed E-state index contributed by atoms with van der Waals surface area (Å²) in [6, 6.07) is 8.71. The second kappa shape index (κ2) is 5.99. The Hall–Kier alpha value is -1.66. The standard InChI is InChI=1S/C13H13BrN2O3/c1-2-19-13(18)12(17)9-3-5-10(6-4-9)16-11(14)7-8-15-16/h3-8,12,17H,2H2,1H3. The van der Waals surface area contributed by atoms with Crippen LogP contribution in [0.2, 0.25) is 0 Å². The smallest absolute Gasteiger partial charge is 0.339 e. The van der Waals surface area contributed by atoms with Crippen LogP contribution in [0, 0.1) is 0 Å². The van der Waals surface area contributed by atoms with Gasteiger partial charge in [0.15, 0.2) is 6.10 Å². The molecule has 6 heteroatoms. The van der Waals surface area contributed by atoms with Gasteiger partial charge in [0.25, 0.3) is 0 Å². The number of aromatic nitrogens is 2. The molecule has 2 aromatic rings. The number of esters is 1. The Labute approximate surface area is 118 Å². The van der Waals surface area contributed by atoms with Crippen LogP contribution < -0.4 is 0 Å². The molecule has 1 atom stereocenters. The second-order valence-electron chi connectivity index (χ2n) is 3.81. The Balaban J connectivity index is 2.19. The van der Waals surface area contributed by atoms with E-state index < -0.39 is 12.1 Å². The van der Waals surface area contributed by atoms with Gasteiger partial charge in [0.1, 0.15) is 4.60 Å². The zero-order valence-electron chi connectivity index (χ0n) is 10.3. The first kappa shape index (κ1) is 13.8. The number of rotatable bonds is 4. The third-order valence-electron chi connectivity index (χ3n) is 2.56. The van der Waals surface area contributed by atoms with E-state index >= 15 is 0 Å². The summed E-state index contributed by atoms with van der Waals surface area (Å²) in [5.74, 6) is -0.643. The predicted octanol–water partition coefficient (Wildman–Crippen LogP) is 2.23. The SMILES string of the molecule is CCOC(=O)C(O)c1ccc(-n2nccc2Br)cc1. The van der Waals surface area contributed by atoms with Crippen molar-refractivity contribution >= 4 is 21.9 Å². The van der Waals surface area contributed by atoms with Crippen LogP contribution in [0.1, 0.15) is 18.6 Å². The highest BCUT2D eigenvalue weighted by atomic mass is 79.9. The van der Waals surface area contributed by atoms with Gasteiger partial charge in [-0.25, -0.2) is 9.48 Å². The van der Waals surface area contributed by atoms with E-state index in [1.165, 1.54) is 0 Å². The van der Waals surface area contributed by atoms with Crippen molar-refractivity contribution in [2.75, 3.05) is 6.61 Å². The Kier molecular flexibility index (Phi) is 4.34. The van der Waals surface area contributed by atoms with Crippen LogP contribution in [0.3, 0.4) is 0 Å². The molecular weight excluding hydrogens is 312 g/mol. The van der Waals surface area contributed by atoms with Gasteiger partial charge < -0.3 is 9.84 Å². The van der Waals surface area contributed by atoms with Crippen molar-refractivity contribution in [3.8, 4) is 5.69 Å². The molecule has 0 radical (unpaired) electrons. The third kappa shape index (κ3) is 3.02. The first-order valence-corrected chi connectivity index (χ1v) is 6.57. The number of hydrogen-bond acceptors (Lipinski definition) is 4. The molecule has 0 saturated carbocycles. The van der Waals surface area contributed by atoms with Gasteiger partial charge in [0.05, 0.1) is 18.5 Å². The fourth-order valence-electron chi connectivity index (χ4n) is 1.63. The summed E-state index contributed by atoms with van der Waals surface area (Å²) in [6.45, 7) is 1.94. The number of carbonyl (C=O) groups excluding carboxylic acids is 1. The monoisotopic (exact) mass is 324 g/mol. The van der Waals surface area contributed by atoms with Crippen molar-refractivity contribution in [2.24, 2.45) is 0 Å². The molecule has 1 aromatic carbocycles. The largest absolute Gasteiger partial charge is 0.464 e. The molecule has 1 N–H and O–H groups in total. The van der Waals surface area contributed by atoms with Crippen LogP contribution in [0.5, 0.6) is 0 Å². The Bertz CT molecular complexity index is 566. The van der Waals surface area contributed by atoms with Gasteiger partial charge in [0, 0.05) is 0 Å². The molecule has 1 heterocycles. The van der Waals surface area contributed by atoms with Crippen molar-refractivity contribution in [1.82, 2.24) is 9.78 Å². The van der Waals surface area contributed by atoms with E-state index in [9.17, 15) is 9.90 Å². The number of benzene rings is 1. The summed E-state index contributed by atoms with van der Waals surface area (Å²) in [4.78, 5) is 11.4. The quantitative estimate of drug-likeness (QED) is 0.876. The Morgan fingerprint density at radius 3 is 2.63 bits per heavy atom. The molecular formula is C13H13BrN2O3. The van der Waals surface area contributed by atoms with Gasteiger partial charge in [-0.05, 0) is 46.6 Å². The van der Waals surface area contributed by atoms with Gasteiger partial charge in [-0.3, -0.25) is 0 Å². The summed E-state index contributed by atoms with van der Waals surface area (Å²) in [6.07, 6.45) is 0.418. The van der Waals surface area contributed by atoms with E-state index in [4.69, 9.17) is 4.74 Å². The molecule has 5 nitrogen and oxygen atoms in total. The molecule has 0 bridgehead atoms. The van der Waals surface area contributed by atoms with Gasteiger partial charge in [-0.15, -0.1) is 0 Å². The van der Waals surface area contributed by atoms with Crippen molar-refractivity contribution in [1.29, 1.82) is 0 Å².